The number of unbranched alkanes of at least 4 members (excludes halogenated alkanes) is 17. The first-order valence-electron chi connectivity index (χ1n) is 17.4. The zero-order valence-electron chi connectivity index (χ0n) is 26.7. The summed E-state index contributed by atoms with van der Waals surface area (Å²) in [6, 6.07) is 0. The Labute approximate surface area is 248 Å². The summed E-state index contributed by atoms with van der Waals surface area (Å²) < 4.78 is 0. The van der Waals surface area contributed by atoms with Crippen LogP contribution in [-0.4, -0.2) is 47.3 Å². The predicted octanol–water partition coefficient (Wildman–Crippen LogP) is 8.12. The number of amides is 2. The smallest absolute Gasteiger partial charge is 0.220 e. The van der Waals surface area contributed by atoms with E-state index in [9.17, 15) is 19.8 Å². The van der Waals surface area contributed by atoms with Crippen LogP contribution in [0.4, 0.5) is 0 Å². The molecule has 0 spiro atoms. The molecular weight excluding hydrogens is 500 g/mol. The molecule has 238 valence electrons. The maximum absolute atomic E-state index is 12.0. The van der Waals surface area contributed by atoms with Gasteiger partial charge in [0, 0.05) is 25.9 Å². The Bertz CT molecular complexity index is 510. The Morgan fingerprint density at radius 2 is 0.750 bits per heavy atom. The first-order chi connectivity index (χ1) is 19.5. The lowest BCUT2D eigenvalue weighted by Gasteiger charge is -2.11. The van der Waals surface area contributed by atoms with Gasteiger partial charge in [0.05, 0.1) is 12.2 Å². The number of aliphatic hydroxyl groups excluding tert-OH is 2. The predicted molar refractivity (Wildman–Crippen MR) is 169 cm³/mol. The van der Waals surface area contributed by atoms with Crippen molar-refractivity contribution in [2.45, 2.75) is 193 Å². The van der Waals surface area contributed by atoms with Gasteiger partial charge >= 0.3 is 0 Å². The van der Waals surface area contributed by atoms with E-state index in [-0.39, 0.29) is 24.0 Å². The van der Waals surface area contributed by atoms with Gasteiger partial charge in [-0.05, 0) is 38.5 Å². The van der Waals surface area contributed by atoms with E-state index in [1.807, 2.05) is 0 Å². The van der Waals surface area contributed by atoms with E-state index in [0.29, 0.717) is 25.7 Å². The molecule has 0 aliphatic rings. The van der Waals surface area contributed by atoms with Gasteiger partial charge in [-0.1, -0.05) is 129 Å². The molecule has 0 saturated heterocycles. The molecule has 0 aromatic rings. The summed E-state index contributed by atoms with van der Waals surface area (Å²) in [6.45, 7) is 5.92. The van der Waals surface area contributed by atoms with Gasteiger partial charge in [-0.2, -0.15) is 0 Å². The normalized spacial score (nSPS) is 12.8. The average molecular weight is 569 g/mol. The number of nitrogens with one attached hydrogen (secondary N) is 2. The number of hydrogen-bond acceptors (Lipinski definition) is 4. The number of aliphatic hydroxyl groups is 2. The van der Waals surface area contributed by atoms with Crippen molar-refractivity contribution >= 4 is 11.8 Å². The monoisotopic (exact) mass is 569 g/mol. The maximum Gasteiger partial charge on any atom is 0.220 e. The summed E-state index contributed by atoms with van der Waals surface area (Å²) in [4.78, 5) is 23.9. The summed E-state index contributed by atoms with van der Waals surface area (Å²) in [5.74, 6) is 0.152. The van der Waals surface area contributed by atoms with Gasteiger partial charge in [0.15, 0.2) is 0 Å². The molecule has 2 unspecified atom stereocenters. The van der Waals surface area contributed by atoms with E-state index in [0.717, 1.165) is 64.5 Å². The lowest BCUT2D eigenvalue weighted by molar-refractivity contribution is -0.122. The van der Waals surface area contributed by atoms with E-state index in [2.05, 4.69) is 24.5 Å². The standard InChI is InChI=1S/C34H68N2O4/c1-3-5-7-15-19-23-31(37)25-27-33(39)35-29-21-17-13-11-9-10-12-14-18-22-30-36-34(40)28-26-32(38)24-20-16-8-6-4-2/h31-32,37-38H,3-30H2,1-2H3,(H,35,39)(H,36,40). The minimum atomic E-state index is -0.335. The van der Waals surface area contributed by atoms with Crippen LogP contribution >= 0.6 is 0 Å². The molecular formula is C34H68N2O4. The van der Waals surface area contributed by atoms with Crippen molar-refractivity contribution in [2.75, 3.05) is 13.1 Å². The summed E-state index contributed by atoms with van der Waals surface area (Å²) in [5, 5.41) is 26.1. The molecule has 0 aliphatic heterocycles. The number of carbonyl (C=O) groups excluding carboxylic acids is 2. The quantitative estimate of drug-likeness (QED) is 0.0635. The van der Waals surface area contributed by atoms with Crippen LogP contribution < -0.4 is 10.6 Å². The fourth-order valence-electron chi connectivity index (χ4n) is 5.15. The second kappa shape index (κ2) is 30.8. The van der Waals surface area contributed by atoms with E-state index in [4.69, 9.17) is 0 Å². The van der Waals surface area contributed by atoms with E-state index in [1.54, 1.807) is 0 Å². The summed E-state index contributed by atoms with van der Waals surface area (Å²) in [7, 11) is 0. The molecule has 0 heterocycles. The van der Waals surface area contributed by atoms with E-state index >= 15 is 0 Å². The molecule has 0 aromatic carbocycles. The fraction of sp³-hybridized carbons (Fsp3) is 0.941. The van der Waals surface area contributed by atoms with Crippen molar-refractivity contribution in [3.8, 4) is 0 Å². The van der Waals surface area contributed by atoms with Crippen LogP contribution in [0.2, 0.25) is 0 Å². The molecule has 0 saturated carbocycles. The zero-order chi connectivity index (χ0) is 29.5. The lowest BCUT2D eigenvalue weighted by atomic mass is 10.0. The first kappa shape index (κ1) is 38.9. The minimum absolute atomic E-state index is 0.0758. The molecule has 0 rings (SSSR count). The Balaban J connectivity index is 3.35. The van der Waals surface area contributed by atoms with Crippen LogP contribution in [0.3, 0.4) is 0 Å². The van der Waals surface area contributed by atoms with Crippen molar-refractivity contribution in [2.24, 2.45) is 0 Å². The second-order valence-corrected chi connectivity index (χ2v) is 12.0. The van der Waals surface area contributed by atoms with Crippen LogP contribution in [0.1, 0.15) is 181 Å². The van der Waals surface area contributed by atoms with Gasteiger partial charge in [0.2, 0.25) is 11.8 Å². The van der Waals surface area contributed by atoms with Gasteiger partial charge in [0.1, 0.15) is 0 Å². The molecule has 2 atom stereocenters. The third-order valence-electron chi connectivity index (χ3n) is 7.94. The molecule has 2 amide bonds. The van der Waals surface area contributed by atoms with E-state index in [1.165, 1.54) is 89.9 Å². The second-order valence-electron chi connectivity index (χ2n) is 12.0. The highest BCUT2D eigenvalue weighted by atomic mass is 16.3. The summed E-state index contributed by atoms with van der Waals surface area (Å²) in [5.41, 5.74) is 0. The largest absolute Gasteiger partial charge is 0.393 e. The number of rotatable bonds is 31. The van der Waals surface area contributed by atoms with Gasteiger partial charge in [-0.15, -0.1) is 0 Å². The third kappa shape index (κ3) is 29.8. The third-order valence-corrected chi connectivity index (χ3v) is 7.94. The number of hydrogen-bond donors (Lipinski definition) is 4. The van der Waals surface area contributed by atoms with Crippen LogP contribution in [0.15, 0.2) is 0 Å². The zero-order valence-corrected chi connectivity index (χ0v) is 26.7. The van der Waals surface area contributed by atoms with Crippen LogP contribution in [-0.2, 0) is 9.59 Å². The van der Waals surface area contributed by atoms with Gasteiger partial charge < -0.3 is 20.8 Å². The molecule has 0 aromatic heterocycles. The van der Waals surface area contributed by atoms with Crippen molar-refractivity contribution in [1.29, 1.82) is 0 Å². The van der Waals surface area contributed by atoms with Gasteiger partial charge in [-0.25, -0.2) is 0 Å². The highest BCUT2D eigenvalue weighted by Gasteiger charge is 2.09. The van der Waals surface area contributed by atoms with E-state index < -0.39 is 0 Å². The van der Waals surface area contributed by atoms with Crippen molar-refractivity contribution < 1.29 is 19.8 Å². The van der Waals surface area contributed by atoms with Crippen LogP contribution in [0.25, 0.3) is 0 Å². The van der Waals surface area contributed by atoms with Crippen molar-refractivity contribution in [3.05, 3.63) is 0 Å². The highest BCUT2D eigenvalue weighted by molar-refractivity contribution is 5.76. The lowest BCUT2D eigenvalue weighted by Crippen LogP contribution is -2.25. The molecule has 0 radical (unpaired) electrons. The molecule has 6 nitrogen and oxygen atoms in total. The van der Waals surface area contributed by atoms with Crippen molar-refractivity contribution in [3.63, 3.8) is 0 Å². The SMILES string of the molecule is CCCCCCCC(O)CCC(=O)NCCCCCCCCCCCCNC(=O)CCC(O)CCCCCCC. The first-order valence-corrected chi connectivity index (χ1v) is 17.4. The topological polar surface area (TPSA) is 98.7 Å². The average Bonchev–Trinajstić information content (AvgIpc) is 2.94. The van der Waals surface area contributed by atoms with Crippen LogP contribution in [0, 0.1) is 0 Å². The molecule has 40 heavy (non-hydrogen) atoms. The Hall–Kier alpha value is -1.14. The molecule has 6 heteroatoms. The molecule has 0 aliphatic carbocycles. The summed E-state index contributed by atoms with van der Waals surface area (Å²) in [6.07, 6.45) is 27.0. The maximum atomic E-state index is 12.0. The highest BCUT2D eigenvalue weighted by Crippen LogP contribution is 2.13. The van der Waals surface area contributed by atoms with Gasteiger partial charge in [-0.3, -0.25) is 9.59 Å². The fourth-order valence-corrected chi connectivity index (χ4v) is 5.15. The minimum Gasteiger partial charge on any atom is -0.393 e. The Kier molecular flexibility index (Phi) is 29.9. The molecule has 4 N–H and O–H groups in total. The van der Waals surface area contributed by atoms with Crippen LogP contribution in [0.5, 0.6) is 0 Å². The van der Waals surface area contributed by atoms with Crippen molar-refractivity contribution in [1.82, 2.24) is 10.6 Å². The Morgan fingerprint density at radius 1 is 0.450 bits per heavy atom. The Morgan fingerprint density at radius 3 is 1.10 bits per heavy atom. The molecule has 0 bridgehead atoms. The summed E-state index contributed by atoms with van der Waals surface area (Å²) >= 11 is 0. The molecule has 0 fully saturated rings. The number of carbonyl (C=O) groups is 2. The van der Waals surface area contributed by atoms with Gasteiger partial charge in [0.25, 0.3) is 0 Å².